The number of hydrogen-bond donors (Lipinski definition) is 0. The molecular weight excluding hydrogens is 218 g/mol. The van der Waals surface area contributed by atoms with Gasteiger partial charge in [-0.1, -0.05) is 23.4 Å². The molecule has 0 fully saturated rings. The summed E-state index contributed by atoms with van der Waals surface area (Å²) in [6, 6.07) is 1.82. The average molecular weight is 222 g/mol. The van der Waals surface area contributed by atoms with Gasteiger partial charge in [0.2, 0.25) is 0 Å². The zero-order valence-electron chi connectivity index (χ0n) is 7.40. The highest BCUT2D eigenvalue weighted by molar-refractivity contribution is 6.33. The normalized spacial score (nSPS) is 8.53. The molecular formula is C9H4ClN3O2. The van der Waals surface area contributed by atoms with Gasteiger partial charge in [-0.3, -0.25) is 15.1 Å². The molecule has 0 saturated heterocycles. The molecule has 0 aliphatic carbocycles. The highest BCUT2D eigenvalue weighted by Gasteiger charge is 2.14. The first-order chi connectivity index (χ1) is 7.16. The first kappa shape index (κ1) is 11.0. The molecule has 0 aliphatic heterocycles. The van der Waals surface area contributed by atoms with Gasteiger partial charge in [0.1, 0.15) is 11.2 Å². The second kappa shape index (κ2) is 4.94. The Morgan fingerprint density at radius 1 is 1.60 bits per heavy atom. The molecule has 0 amide bonds. The molecule has 0 radical (unpaired) electrons. The van der Waals surface area contributed by atoms with Crippen LogP contribution in [0.4, 0.5) is 5.69 Å². The topological polar surface area (TPSA) is 79.8 Å². The lowest BCUT2D eigenvalue weighted by atomic mass is 10.2. The van der Waals surface area contributed by atoms with Gasteiger partial charge in [-0.15, -0.1) is 0 Å². The van der Waals surface area contributed by atoms with Crippen molar-refractivity contribution in [3.8, 4) is 17.9 Å². The van der Waals surface area contributed by atoms with Gasteiger partial charge < -0.3 is 0 Å². The summed E-state index contributed by atoms with van der Waals surface area (Å²) in [5.74, 6) is 5.04. The summed E-state index contributed by atoms with van der Waals surface area (Å²) < 4.78 is 0. The van der Waals surface area contributed by atoms with Crippen LogP contribution >= 0.6 is 11.6 Å². The number of pyridine rings is 1. The fourth-order valence-electron chi connectivity index (χ4n) is 0.827. The number of nitro groups is 1. The largest absolute Gasteiger partial charge is 0.307 e. The van der Waals surface area contributed by atoms with Gasteiger partial charge in [0.05, 0.1) is 23.0 Å². The van der Waals surface area contributed by atoms with E-state index >= 15 is 0 Å². The number of nitrogens with zero attached hydrogens (tertiary/aromatic N) is 3. The third-order valence-corrected chi connectivity index (χ3v) is 1.85. The van der Waals surface area contributed by atoms with E-state index in [0.717, 1.165) is 6.20 Å². The molecule has 1 aromatic heterocycles. The summed E-state index contributed by atoms with van der Waals surface area (Å²) in [6.45, 7) is 0. The van der Waals surface area contributed by atoms with Crippen molar-refractivity contribution in [2.24, 2.45) is 0 Å². The number of rotatable bonds is 1. The van der Waals surface area contributed by atoms with Gasteiger partial charge in [-0.05, 0) is 0 Å². The fraction of sp³-hybridized carbons (Fsp3) is 0.111. The van der Waals surface area contributed by atoms with Crippen LogP contribution in [-0.4, -0.2) is 9.91 Å². The molecule has 0 N–H and O–H groups in total. The third kappa shape index (κ3) is 2.67. The monoisotopic (exact) mass is 221 g/mol. The van der Waals surface area contributed by atoms with Crippen LogP contribution in [0.15, 0.2) is 12.4 Å². The van der Waals surface area contributed by atoms with E-state index in [-0.39, 0.29) is 22.7 Å². The Balaban J connectivity index is 3.13. The number of hydrogen-bond acceptors (Lipinski definition) is 4. The molecule has 15 heavy (non-hydrogen) atoms. The Bertz CT molecular complexity index is 496. The van der Waals surface area contributed by atoms with Crippen molar-refractivity contribution < 1.29 is 4.92 Å². The summed E-state index contributed by atoms with van der Waals surface area (Å²) in [7, 11) is 0. The number of aromatic nitrogens is 1. The molecule has 0 unspecified atom stereocenters. The average Bonchev–Trinajstić information content (AvgIpc) is 2.20. The van der Waals surface area contributed by atoms with Gasteiger partial charge in [-0.25, -0.2) is 0 Å². The van der Waals surface area contributed by atoms with Crippen molar-refractivity contribution in [3.05, 3.63) is 33.1 Å². The minimum atomic E-state index is -0.634. The lowest BCUT2D eigenvalue weighted by Crippen LogP contribution is -1.92. The molecule has 1 rings (SSSR count). The van der Waals surface area contributed by atoms with Gasteiger partial charge in [0, 0.05) is 6.20 Å². The Morgan fingerprint density at radius 2 is 2.33 bits per heavy atom. The molecule has 0 spiro atoms. The second-order valence-corrected chi connectivity index (χ2v) is 2.79. The molecule has 0 bridgehead atoms. The Hall–Kier alpha value is -2.11. The van der Waals surface area contributed by atoms with Crippen LogP contribution < -0.4 is 0 Å². The van der Waals surface area contributed by atoms with Gasteiger partial charge in [0.15, 0.2) is 0 Å². The predicted molar refractivity (Wildman–Crippen MR) is 53.0 cm³/mol. The predicted octanol–water partition coefficient (Wildman–Crippen LogP) is 1.91. The van der Waals surface area contributed by atoms with Gasteiger partial charge in [0.25, 0.3) is 0 Å². The van der Waals surface area contributed by atoms with Crippen LogP contribution in [0.5, 0.6) is 0 Å². The van der Waals surface area contributed by atoms with Gasteiger partial charge in [-0.2, -0.15) is 5.26 Å². The molecule has 0 saturated carbocycles. The second-order valence-electron chi connectivity index (χ2n) is 2.41. The van der Waals surface area contributed by atoms with E-state index in [9.17, 15) is 10.1 Å². The molecule has 0 aromatic carbocycles. The molecule has 74 valence electrons. The first-order valence-electron chi connectivity index (χ1n) is 3.80. The zero-order valence-corrected chi connectivity index (χ0v) is 8.15. The summed E-state index contributed by atoms with van der Waals surface area (Å²) in [6.07, 6.45) is 2.41. The lowest BCUT2D eigenvalue weighted by molar-refractivity contribution is -0.385. The quantitative estimate of drug-likeness (QED) is 0.412. The maximum Gasteiger partial charge on any atom is 0.307 e. The van der Waals surface area contributed by atoms with Gasteiger partial charge >= 0.3 is 5.69 Å². The van der Waals surface area contributed by atoms with E-state index in [0.29, 0.717) is 0 Å². The molecule has 1 aromatic rings. The molecule has 6 heteroatoms. The molecule has 0 atom stereocenters. The standard InChI is InChI=1S/C9H4ClN3O2/c10-9-7(3-1-2-4-11)5-12-6-8(9)13(14)15/h5-6H,2H2. The van der Waals surface area contributed by atoms with Crippen molar-refractivity contribution in [3.63, 3.8) is 0 Å². The summed E-state index contributed by atoms with van der Waals surface area (Å²) in [5.41, 5.74) is -0.0402. The van der Waals surface area contributed by atoms with Crippen molar-refractivity contribution in [2.45, 2.75) is 6.42 Å². The van der Waals surface area contributed by atoms with Crippen LogP contribution in [0.25, 0.3) is 0 Å². The minimum Gasteiger partial charge on any atom is -0.258 e. The lowest BCUT2D eigenvalue weighted by Gasteiger charge is -1.95. The molecule has 1 heterocycles. The Labute approximate surface area is 90.5 Å². The molecule has 0 aliphatic rings. The van der Waals surface area contributed by atoms with Crippen LogP contribution in [0.3, 0.4) is 0 Å². The number of nitriles is 1. The summed E-state index contributed by atoms with van der Waals surface area (Å²) >= 11 is 5.72. The van der Waals surface area contributed by atoms with E-state index in [4.69, 9.17) is 16.9 Å². The van der Waals surface area contributed by atoms with Crippen molar-refractivity contribution >= 4 is 17.3 Å². The maximum absolute atomic E-state index is 10.5. The van der Waals surface area contributed by atoms with E-state index in [1.54, 1.807) is 0 Å². The third-order valence-electron chi connectivity index (χ3n) is 1.45. The fourth-order valence-corrected chi connectivity index (χ4v) is 1.04. The van der Waals surface area contributed by atoms with E-state index in [1.165, 1.54) is 6.20 Å². The van der Waals surface area contributed by atoms with Crippen molar-refractivity contribution in [1.82, 2.24) is 4.98 Å². The Morgan fingerprint density at radius 3 is 2.93 bits per heavy atom. The summed E-state index contributed by atoms with van der Waals surface area (Å²) in [5, 5.41) is 18.7. The zero-order chi connectivity index (χ0) is 11.3. The van der Waals surface area contributed by atoms with E-state index < -0.39 is 4.92 Å². The van der Waals surface area contributed by atoms with Crippen LogP contribution in [-0.2, 0) is 0 Å². The van der Waals surface area contributed by atoms with Crippen LogP contribution in [0.1, 0.15) is 12.0 Å². The SMILES string of the molecule is N#CCC#Cc1cncc([N+](=O)[O-])c1Cl. The highest BCUT2D eigenvalue weighted by Crippen LogP contribution is 2.25. The molecule has 5 nitrogen and oxygen atoms in total. The minimum absolute atomic E-state index is 0.0407. The first-order valence-corrected chi connectivity index (χ1v) is 4.18. The Kier molecular flexibility index (Phi) is 3.61. The highest BCUT2D eigenvalue weighted by atomic mass is 35.5. The summed E-state index contributed by atoms with van der Waals surface area (Å²) in [4.78, 5) is 13.5. The van der Waals surface area contributed by atoms with Crippen molar-refractivity contribution in [2.75, 3.05) is 0 Å². The van der Waals surface area contributed by atoms with Crippen molar-refractivity contribution in [1.29, 1.82) is 5.26 Å². The van der Waals surface area contributed by atoms with E-state index in [1.807, 2.05) is 6.07 Å². The maximum atomic E-state index is 10.5. The van der Waals surface area contributed by atoms with Crippen LogP contribution in [0.2, 0.25) is 5.02 Å². The van der Waals surface area contributed by atoms with E-state index in [2.05, 4.69) is 16.8 Å². The number of halogens is 1. The van der Waals surface area contributed by atoms with Crippen LogP contribution in [0, 0.1) is 33.3 Å². The smallest absolute Gasteiger partial charge is 0.258 e.